The lowest BCUT2D eigenvalue weighted by atomic mass is 10.2. The highest BCUT2D eigenvalue weighted by Gasteiger charge is 2.09. The maximum Gasteiger partial charge on any atom is 0.255 e. The quantitative estimate of drug-likeness (QED) is 0.917. The summed E-state index contributed by atoms with van der Waals surface area (Å²) >= 11 is 5.97. The summed E-state index contributed by atoms with van der Waals surface area (Å²) in [6.45, 7) is 0. The smallest absolute Gasteiger partial charge is 0.255 e. The van der Waals surface area contributed by atoms with Gasteiger partial charge in [0.15, 0.2) is 0 Å². The van der Waals surface area contributed by atoms with E-state index in [1.807, 2.05) is 30.3 Å². The van der Waals surface area contributed by atoms with Crippen molar-refractivity contribution < 1.29 is 9.53 Å². The monoisotopic (exact) mass is 261 g/mol. The fourth-order valence-electron chi connectivity index (χ4n) is 1.53. The molecule has 92 valence electrons. The molecule has 1 N–H and O–H groups in total. The highest BCUT2D eigenvalue weighted by Crippen LogP contribution is 2.25. The van der Waals surface area contributed by atoms with Crippen LogP contribution in [0.1, 0.15) is 10.4 Å². The Morgan fingerprint density at radius 1 is 1.17 bits per heavy atom. The van der Waals surface area contributed by atoms with Crippen LogP contribution in [-0.2, 0) is 0 Å². The molecule has 1 amide bonds. The van der Waals surface area contributed by atoms with Crippen molar-refractivity contribution in [3.63, 3.8) is 0 Å². The Morgan fingerprint density at radius 2 is 1.89 bits per heavy atom. The summed E-state index contributed by atoms with van der Waals surface area (Å²) in [5, 5.41) is 3.20. The molecule has 2 aromatic rings. The Balaban J connectivity index is 2.17. The highest BCUT2D eigenvalue weighted by atomic mass is 35.5. The second-order valence-corrected chi connectivity index (χ2v) is 4.08. The molecule has 0 saturated carbocycles. The first-order valence-corrected chi connectivity index (χ1v) is 5.78. The van der Waals surface area contributed by atoms with E-state index in [1.165, 1.54) is 7.11 Å². The van der Waals surface area contributed by atoms with Gasteiger partial charge in [-0.2, -0.15) is 0 Å². The van der Waals surface area contributed by atoms with Gasteiger partial charge in [-0.3, -0.25) is 4.79 Å². The Kier molecular flexibility index (Phi) is 3.85. The van der Waals surface area contributed by atoms with E-state index in [4.69, 9.17) is 16.3 Å². The van der Waals surface area contributed by atoms with Crippen molar-refractivity contribution in [2.45, 2.75) is 0 Å². The zero-order chi connectivity index (χ0) is 13.0. The molecule has 0 heterocycles. The van der Waals surface area contributed by atoms with Crippen LogP contribution >= 0.6 is 11.6 Å². The van der Waals surface area contributed by atoms with Gasteiger partial charge in [0.05, 0.1) is 12.1 Å². The van der Waals surface area contributed by atoms with E-state index in [9.17, 15) is 4.79 Å². The van der Waals surface area contributed by atoms with E-state index in [0.29, 0.717) is 16.3 Å². The number of amides is 1. The van der Waals surface area contributed by atoms with Crippen molar-refractivity contribution >= 4 is 23.2 Å². The summed E-state index contributed by atoms with van der Waals surface area (Å²) < 4.78 is 5.03. The molecule has 3 nitrogen and oxygen atoms in total. The van der Waals surface area contributed by atoms with E-state index in [2.05, 4.69) is 5.32 Å². The van der Waals surface area contributed by atoms with Crippen LogP contribution in [0.5, 0.6) is 5.75 Å². The molecule has 0 spiro atoms. The number of carbonyl (C=O) groups excluding carboxylic acids is 1. The molecular formula is C14H12ClNO2. The number of nitrogens with one attached hydrogen (secondary N) is 1. The van der Waals surface area contributed by atoms with Crippen molar-refractivity contribution in [2.24, 2.45) is 0 Å². The summed E-state index contributed by atoms with van der Waals surface area (Å²) in [5.74, 6) is 0.346. The number of anilines is 1. The van der Waals surface area contributed by atoms with Gasteiger partial charge in [0.25, 0.3) is 5.91 Å². The topological polar surface area (TPSA) is 38.3 Å². The van der Waals surface area contributed by atoms with Gasteiger partial charge in [-0.05, 0) is 30.3 Å². The Labute approximate surface area is 110 Å². The molecule has 0 aromatic heterocycles. The largest absolute Gasteiger partial charge is 0.495 e. The zero-order valence-corrected chi connectivity index (χ0v) is 10.6. The van der Waals surface area contributed by atoms with E-state index >= 15 is 0 Å². The van der Waals surface area contributed by atoms with Crippen molar-refractivity contribution in [3.8, 4) is 5.75 Å². The second-order valence-electron chi connectivity index (χ2n) is 3.67. The predicted octanol–water partition coefficient (Wildman–Crippen LogP) is 3.60. The Hall–Kier alpha value is -2.00. The van der Waals surface area contributed by atoms with Crippen LogP contribution in [-0.4, -0.2) is 13.0 Å². The first-order chi connectivity index (χ1) is 8.70. The lowest BCUT2D eigenvalue weighted by Gasteiger charge is -2.07. The minimum atomic E-state index is -0.203. The molecule has 0 aliphatic heterocycles. The third kappa shape index (κ3) is 2.81. The number of carbonyl (C=O) groups is 1. The molecular weight excluding hydrogens is 250 g/mol. The van der Waals surface area contributed by atoms with Crippen LogP contribution in [0.25, 0.3) is 0 Å². The zero-order valence-electron chi connectivity index (χ0n) is 9.81. The predicted molar refractivity (Wildman–Crippen MR) is 72.4 cm³/mol. The summed E-state index contributed by atoms with van der Waals surface area (Å²) in [4.78, 5) is 12.0. The standard InChI is InChI=1S/C14H12ClNO2/c1-18-13-8-7-10(9-12(13)15)14(17)16-11-5-3-2-4-6-11/h2-9H,1H3,(H,16,17). The summed E-state index contributed by atoms with van der Waals surface area (Å²) in [5.41, 5.74) is 1.24. The van der Waals surface area contributed by atoms with E-state index in [1.54, 1.807) is 18.2 Å². The minimum absolute atomic E-state index is 0.203. The van der Waals surface area contributed by atoms with E-state index in [0.717, 1.165) is 5.69 Å². The number of ether oxygens (including phenoxy) is 1. The molecule has 2 rings (SSSR count). The van der Waals surface area contributed by atoms with Gasteiger partial charge in [-0.25, -0.2) is 0 Å². The fraction of sp³-hybridized carbons (Fsp3) is 0.0714. The third-order valence-corrected chi connectivity index (χ3v) is 2.74. The Morgan fingerprint density at radius 3 is 2.50 bits per heavy atom. The summed E-state index contributed by atoms with van der Waals surface area (Å²) in [6.07, 6.45) is 0. The van der Waals surface area contributed by atoms with Gasteiger partial charge < -0.3 is 10.1 Å². The maximum absolute atomic E-state index is 12.0. The van der Waals surface area contributed by atoms with Crippen LogP contribution in [0.3, 0.4) is 0 Å². The highest BCUT2D eigenvalue weighted by molar-refractivity contribution is 6.32. The number of benzene rings is 2. The van der Waals surface area contributed by atoms with E-state index < -0.39 is 0 Å². The second kappa shape index (κ2) is 5.56. The SMILES string of the molecule is COc1ccc(C(=O)Nc2ccccc2)cc1Cl. The van der Waals surface area contributed by atoms with E-state index in [-0.39, 0.29) is 5.91 Å². The number of hydrogen-bond acceptors (Lipinski definition) is 2. The number of halogens is 1. The molecule has 0 aliphatic rings. The molecule has 4 heteroatoms. The van der Waals surface area contributed by atoms with Crippen molar-refractivity contribution in [2.75, 3.05) is 12.4 Å². The van der Waals surface area contributed by atoms with Gasteiger partial charge in [-0.1, -0.05) is 29.8 Å². The van der Waals surface area contributed by atoms with Gasteiger partial charge in [0.2, 0.25) is 0 Å². The number of rotatable bonds is 3. The molecule has 0 radical (unpaired) electrons. The third-order valence-electron chi connectivity index (χ3n) is 2.45. The number of para-hydroxylation sites is 1. The summed E-state index contributed by atoms with van der Waals surface area (Å²) in [6, 6.07) is 14.2. The molecule has 18 heavy (non-hydrogen) atoms. The average molecular weight is 262 g/mol. The maximum atomic E-state index is 12.0. The number of hydrogen-bond donors (Lipinski definition) is 1. The van der Waals surface area contributed by atoms with Gasteiger partial charge in [0, 0.05) is 11.3 Å². The van der Waals surface area contributed by atoms with Crippen LogP contribution < -0.4 is 10.1 Å². The molecule has 0 unspecified atom stereocenters. The fourth-order valence-corrected chi connectivity index (χ4v) is 1.79. The molecule has 0 atom stereocenters. The summed E-state index contributed by atoms with van der Waals surface area (Å²) in [7, 11) is 1.53. The van der Waals surface area contributed by atoms with Gasteiger partial charge >= 0.3 is 0 Å². The molecule has 2 aromatic carbocycles. The minimum Gasteiger partial charge on any atom is -0.495 e. The van der Waals surface area contributed by atoms with Gasteiger partial charge in [-0.15, -0.1) is 0 Å². The van der Waals surface area contributed by atoms with Crippen LogP contribution in [0.15, 0.2) is 48.5 Å². The van der Waals surface area contributed by atoms with Crippen molar-refractivity contribution in [3.05, 3.63) is 59.1 Å². The normalized spacial score (nSPS) is 9.89. The molecule has 0 aliphatic carbocycles. The van der Waals surface area contributed by atoms with Gasteiger partial charge in [0.1, 0.15) is 5.75 Å². The van der Waals surface area contributed by atoms with Crippen LogP contribution in [0.2, 0.25) is 5.02 Å². The van der Waals surface area contributed by atoms with Crippen molar-refractivity contribution in [1.82, 2.24) is 0 Å². The average Bonchev–Trinajstić information content (AvgIpc) is 2.39. The molecule has 0 fully saturated rings. The molecule has 0 saturated heterocycles. The van der Waals surface area contributed by atoms with Crippen LogP contribution in [0, 0.1) is 0 Å². The van der Waals surface area contributed by atoms with Crippen molar-refractivity contribution in [1.29, 1.82) is 0 Å². The van der Waals surface area contributed by atoms with Crippen LogP contribution in [0.4, 0.5) is 5.69 Å². The molecule has 0 bridgehead atoms. The lowest BCUT2D eigenvalue weighted by Crippen LogP contribution is -2.11. The number of methoxy groups -OCH3 is 1. The lowest BCUT2D eigenvalue weighted by molar-refractivity contribution is 0.102. The first kappa shape index (κ1) is 12.5. The Bertz CT molecular complexity index is 555. The first-order valence-electron chi connectivity index (χ1n) is 5.40.